The van der Waals surface area contributed by atoms with E-state index in [0.717, 1.165) is 12.2 Å². The molecule has 14 nitrogen and oxygen atoms in total. The summed E-state index contributed by atoms with van der Waals surface area (Å²) in [6, 6.07) is 8.39. The summed E-state index contributed by atoms with van der Waals surface area (Å²) in [6.45, 7) is 11.0. The molecule has 0 fully saturated rings. The maximum Gasteiger partial charge on any atom is 0.313 e. The Labute approximate surface area is 380 Å². The molecule has 2 aromatic carbocycles. The highest BCUT2D eigenvalue weighted by Gasteiger charge is 2.28. The number of esters is 1. The number of benzene rings is 2. The largest absolute Gasteiger partial charge is 0.491 e. The highest BCUT2D eigenvalue weighted by molar-refractivity contribution is 5.72. The molecule has 0 aliphatic heterocycles. The molecule has 19 heteroatoms. The highest BCUT2D eigenvalue weighted by atomic mass is 19.2. The second kappa shape index (κ2) is 41.1. The monoisotopic (exact) mass is 942 g/mol. The van der Waals surface area contributed by atoms with Crippen LogP contribution in [0.4, 0.5) is 22.0 Å². The molecular weight excluding hydrogens is 871 g/mol. The van der Waals surface area contributed by atoms with Gasteiger partial charge < -0.3 is 61.6 Å². The predicted octanol–water partition coefficient (Wildman–Crippen LogP) is 7.23. The third-order valence-electron chi connectivity index (χ3n) is 9.04. The fourth-order valence-corrected chi connectivity index (χ4v) is 5.55. The van der Waals surface area contributed by atoms with E-state index in [-0.39, 0.29) is 26.4 Å². The number of hydrogen-bond donors (Lipinski definition) is 0. The molecule has 0 saturated carbocycles. The van der Waals surface area contributed by atoms with Gasteiger partial charge in [-0.15, -0.1) is 0 Å². The minimum Gasteiger partial charge on any atom is -0.491 e. The smallest absolute Gasteiger partial charge is 0.313 e. The lowest BCUT2D eigenvalue weighted by Gasteiger charge is -2.09. The maximum absolute atomic E-state index is 13.6. The SMILES string of the molecule is CCCCCCCCCc1ccc(OCCOCCOCCOCCOCCOCCOCCOCCOCCOCCOCCOCCC(=O)Oc2c(F)c(F)c(F)c(F)c2F)cc1. The van der Waals surface area contributed by atoms with Gasteiger partial charge in [-0.05, 0) is 30.5 Å². The third-order valence-corrected chi connectivity index (χ3v) is 9.04. The molecule has 2 rings (SSSR count). The van der Waals surface area contributed by atoms with Gasteiger partial charge in [0.2, 0.25) is 34.8 Å². The van der Waals surface area contributed by atoms with Crippen molar-refractivity contribution < 1.29 is 88.3 Å². The molecule has 0 radical (unpaired) electrons. The van der Waals surface area contributed by atoms with Gasteiger partial charge in [-0.25, -0.2) is 13.2 Å². The standard InChI is InChI=1S/C46H71F5O14/c1-2-3-4-5-6-7-8-9-38-10-12-39(13-11-38)64-37-36-63-35-34-62-33-32-61-31-30-60-29-28-59-27-26-58-25-24-57-23-22-56-21-20-55-19-18-54-17-16-53-15-14-40(52)65-46-44(50)42(48)41(47)43(49)45(46)51/h10-13H,2-9,14-37H2,1H3. The lowest BCUT2D eigenvalue weighted by Crippen LogP contribution is -2.16. The van der Waals surface area contributed by atoms with Crippen molar-refractivity contribution in [1.29, 1.82) is 0 Å². The minimum atomic E-state index is -2.35. The lowest BCUT2D eigenvalue weighted by molar-refractivity contribution is -0.136. The van der Waals surface area contributed by atoms with E-state index in [9.17, 15) is 26.7 Å². The molecular formula is C46H71F5O14. The van der Waals surface area contributed by atoms with Crippen LogP contribution in [0.3, 0.4) is 0 Å². The van der Waals surface area contributed by atoms with Gasteiger partial charge in [0, 0.05) is 0 Å². The Hall–Kier alpha value is -3.08. The first-order valence-electron chi connectivity index (χ1n) is 22.6. The van der Waals surface area contributed by atoms with E-state index in [1.807, 2.05) is 12.1 Å². The van der Waals surface area contributed by atoms with Crippen molar-refractivity contribution >= 4 is 5.97 Å². The first kappa shape index (κ1) is 58.0. The zero-order valence-corrected chi connectivity index (χ0v) is 38.0. The van der Waals surface area contributed by atoms with Crippen LogP contribution >= 0.6 is 0 Å². The molecule has 0 aliphatic rings. The summed E-state index contributed by atoms with van der Waals surface area (Å²) in [5, 5.41) is 0. The summed E-state index contributed by atoms with van der Waals surface area (Å²) in [6.07, 6.45) is 9.90. The Morgan fingerprint density at radius 1 is 0.385 bits per heavy atom. The average Bonchev–Trinajstić information content (AvgIpc) is 3.31. The van der Waals surface area contributed by atoms with Crippen LogP contribution in [0.15, 0.2) is 24.3 Å². The quantitative estimate of drug-likeness (QED) is 0.0165. The van der Waals surface area contributed by atoms with Crippen LogP contribution < -0.4 is 9.47 Å². The molecule has 2 aromatic rings. The molecule has 65 heavy (non-hydrogen) atoms. The number of unbranched alkanes of at least 4 members (excludes halogenated alkanes) is 6. The van der Waals surface area contributed by atoms with Crippen molar-refractivity contribution in [3.8, 4) is 11.5 Å². The van der Waals surface area contributed by atoms with Gasteiger partial charge in [0.15, 0.2) is 0 Å². The number of rotatable bonds is 46. The number of aryl methyl sites for hydroxylation is 1. The maximum atomic E-state index is 13.6. The molecule has 0 unspecified atom stereocenters. The van der Waals surface area contributed by atoms with Crippen LogP contribution in [-0.2, 0) is 63.3 Å². The summed E-state index contributed by atoms with van der Waals surface area (Å²) in [5.41, 5.74) is 1.36. The number of carbonyl (C=O) groups is 1. The Morgan fingerprint density at radius 2 is 0.692 bits per heavy atom. The molecule has 0 heterocycles. The van der Waals surface area contributed by atoms with Crippen LogP contribution in [0.1, 0.15) is 63.9 Å². The molecule has 0 bridgehead atoms. The molecule has 0 aliphatic carbocycles. The number of ether oxygens (including phenoxy) is 13. The van der Waals surface area contributed by atoms with E-state index >= 15 is 0 Å². The van der Waals surface area contributed by atoms with Crippen molar-refractivity contribution in [2.24, 2.45) is 0 Å². The fourth-order valence-electron chi connectivity index (χ4n) is 5.55. The summed E-state index contributed by atoms with van der Waals surface area (Å²) in [4.78, 5) is 11.7. The van der Waals surface area contributed by atoms with E-state index < -0.39 is 47.2 Å². The molecule has 0 atom stereocenters. The topological polar surface area (TPSA) is 137 Å². The molecule has 374 valence electrons. The van der Waals surface area contributed by atoms with Crippen molar-refractivity contribution in [2.45, 2.75) is 64.7 Å². The van der Waals surface area contributed by atoms with Gasteiger partial charge in [-0.1, -0.05) is 57.6 Å². The Bertz CT molecular complexity index is 1420. The van der Waals surface area contributed by atoms with Gasteiger partial charge in [-0.3, -0.25) is 4.79 Å². The van der Waals surface area contributed by atoms with Crippen molar-refractivity contribution in [2.75, 3.05) is 152 Å². The lowest BCUT2D eigenvalue weighted by atomic mass is 10.0. The zero-order chi connectivity index (χ0) is 46.8. The van der Waals surface area contributed by atoms with Crippen LogP contribution in [0, 0.1) is 29.1 Å². The zero-order valence-electron chi connectivity index (χ0n) is 38.0. The summed E-state index contributed by atoms with van der Waals surface area (Å²) in [5.74, 6) is -13.3. The van der Waals surface area contributed by atoms with E-state index in [1.165, 1.54) is 50.5 Å². The Balaban J connectivity index is 1.19. The van der Waals surface area contributed by atoms with Crippen LogP contribution in [0.5, 0.6) is 11.5 Å². The van der Waals surface area contributed by atoms with E-state index in [1.54, 1.807) is 0 Å². The van der Waals surface area contributed by atoms with E-state index in [0.29, 0.717) is 126 Å². The number of hydrogen-bond acceptors (Lipinski definition) is 14. The second-order valence-corrected chi connectivity index (χ2v) is 14.2. The molecule has 0 saturated heterocycles. The minimum absolute atomic E-state index is 0.0781. The summed E-state index contributed by atoms with van der Waals surface area (Å²) in [7, 11) is 0. The van der Waals surface area contributed by atoms with E-state index in [4.69, 9.17) is 56.8 Å². The van der Waals surface area contributed by atoms with Gasteiger partial charge in [0.25, 0.3) is 0 Å². The van der Waals surface area contributed by atoms with Gasteiger partial charge in [-0.2, -0.15) is 8.78 Å². The van der Waals surface area contributed by atoms with E-state index in [2.05, 4.69) is 23.8 Å². The molecule has 0 N–H and O–H groups in total. The van der Waals surface area contributed by atoms with Gasteiger partial charge >= 0.3 is 5.97 Å². The third kappa shape index (κ3) is 30.8. The van der Waals surface area contributed by atoms with Gasteiger partial charge in [0.1, 0.15) is 12.4 Å². The Morgan fingerprint density at radius 3 is 1.06 bits per heavy atom. The molecule has 0 amide bonds. The van der Waals surface area contributed by atoms with Crippen molar-refractivity contribution in [1.82, 2.24) is 0 Å². The fraction of sp³-hybridized carbons (Fsp3) is 0.717. The van der Waals surface area contributed by atoms with Crippen LogP contribution in [0.2, 0.25) is 0 Å². The molecule has 0 aromatic heterocycles. The summed E-state index contributed by atoms with van der Waals surface area (Å²) < 4.78 is 136. The Kier molecular flexibility index (Phi) is 36.7. The first-order valence-corrected chi connectivity index (χ1v) is 22.6. The van der Waals surface area contributed by atoms with Crippen molar-refractivity contribution in [3.63, 3.8) is 0 Å². The molecule has 0 spiro atoms. The highest BCUT2D eigenvalue weighted by Crippen LogP contribution is 2.29. The normalized spacial score (nSPS) is 11.5. The average molecular weight is 943 g/mol. The first-order chi connectivity index (χ1) is 31.8. The number of halogens is 5. The van der Waals surface area contributed by atoms with Crippen LogP contribution in [-0.4, -0.2) is 158 Å². The van der Waals surface area contributed by atoms with Gasteiger partial charge in [0.05, 0.1) is 152 Å². The summed E-state index contributed by atoms with van der Waals surface area (Å²) >= 11 is 0. The van der Waals surface area contributed by atoms with Crippen LogP contribution in [0.25, 0.3) is 0 Å². The predicted molar refractivity (Wildman–Crippen MR) is 229 cm³/mol. The van der Waals surface area contributed by atoms with Crippen molar-refractivity contribution in [3.05, 3.63) is 58.9 Å². The number of carbonyl (C=O) groups excluding carboxylic acids is 1. The second-order valence-electron chi connectivity index (χ2n) is 14.2.